The molecule has 0 heterocycles. The summed E-state index contributed by atoms with van der Waals surface area (Å²) in [6.45, 7) is 2.04. The van der Waals surface area contributed by atoms with Crippen LogP contribution in [0.5, 0.6) is 5.75 Å². The number of aryl methyl sites for hydroxylation is 1. The molecular formula is C11H13ClO3. The molecule has 1 rings (SSSR count). The van der Waals surface area contributed by atoms with Crippen molar-refractivity contribution in [3.8, 4) is 5.75 Å². The topological polar surface area (TPSA) is 46.5 Å². The number of rotatable bonds is 5. The van der Waals surface area contributed by atoms with E-state index in [9.17, 15) is 4.79 Å². The molecule has 1 atom stereocenters. The van der Waals surface area contributed by atoms with Crippen molar-refractivity contribution < 1.29 is 14.6 Å². The van der Waals surface area contributed by atoms with Gasteiger partial charge in [0.25, 0.3) is 0 Å². The highest BCUT2D eigenvalue weighted by atomic mass is 35.5. The van der Waals surface area contributed by atoms with Gasteiger partial charge in [0.1, 0.15) is 12.4 Å². The maximum atomic E-state index is 10.4. The number of ether oxygens (including phenoxy) is 1. The molecule has 3 nitrogen and oxygen atoms in total. The first kappa shape index (κ1) is 11.9. The van der Waals surface area contributed by atoms with Crippen molar-refractivity contribution in [2.24, 2.45) is 0 Å². The summed E-state index contributed by atoms with van der Waals surface area (Å²) in [5, 5.41) is 7.53. The van der Waals surface area contributed by atoms with Crippen molar-refractivity contribution >= 4 is 17.6 Å². The first-order valence-electron chi connectivity index (χ1n) is 4.72. The number of carbonyl (C=O) groups is 1. The van der Waals surface area contributed by atoms with E-state index in [1.807, 2.05) is 24.3 Å². The van der Waals surface area contributed by atoms with Crippen LogP contribution in [-0.2, 0) is 11.2 Å². The van der Waals surface area contributed by atoms with Gasteiger partial charge >= 0.3 is 5.97 Å². The van der Waals surface area contributed by atoms with Crippen LogP contribution in [0.1, 0.15) is 12.5 Å². The highest BCUT2D eigenvalue weighted by Crippen LogP contribution is 2.13. The number of hydrogen-bond acceptors (Lipinski definition) is 2. The van der Waals surface area contributed by atoms with Crippen molar-refractivity contribution in [2.45, 2.75) is 18.7 Å². The van der Waals surface area contributed by atoms with Crippen molar-refractivity contribution in [2.75, 3.05) is 6.61 Å². The van der Waals surface area contributed by atoms with Gasteiger partial charge in [-0.15, -0.1) is 11.6 Å². The maximum absolute atomic E-state index is 10.4. The SMILES string of the molecule is CCc1ccc(OCC(Cl)C(=O)O)cc1. The Bertz CT molecular complexity index is 321. The molecule has 1 aromatic rings. The average Bonchev–Trinajstić information content (AvgIpc) is 2.26. The molecular weight excluding hydrogens is 216 g/mol. The molecule has 1 aromatic carbocycles. The summed E-state index contributed by atoms with van der Waals surface area (Å²) >= 11 is 5.50. The summed E-state index contributed by atoms with van der Waals surface area (Å²) in [6, 6.07) is 7.51. The second-order valence-electron chi connectivity index (χ2n) is 3.11. The summed E-state index contributed by atoms with van der Waals surface area (Å²) in [6.07, 6.45) is 0.966. The van der Waals surface area contributed by atoms with Gasteiger partial charge in [0.2, 0.25) is 0 Å². The lowest BCUT2D eigenvalue weighted by Gasteiger charge is -2.08. The molecule has 0 fully saturated rings. The lowest BCUT2D eigenvalue weighted by atomic mass is 10.2. The van der Waals surface area contributed by atoms with E-state index in [4.69, 9.17) is 21.4 Å². The predicted molar refractivity (Wildman–Crippen MR) is 58.6 cm³/mol. The Kier molecular flexibility index (Phi) is 4.43. The van der Waals surface area contributed by atoms with Gasteiger partial charge in [-0.25, -0.2) is 0 Å². The van der Waals surface area contributed by atoms with E-state index < -0.39 is 11.3 Å². The van der Waals surface area contributed by atoms with E-state index in [2.05, 4.69) is 6.92 Å². The molecule has 1 N–H and O–H groups in total. The van der Waals surface area contributed by atoms with E-state index >= 15 is 0 Å². The smallest absolute Gasteiger partial charge is 0.325 e. The van der Waals surface area contributed by atoms with E-state index in [0.717, 1.165) is 6.42 Å². The number of carboxylic acid groups (broad SMARTS) is 1. The molecule has 0 aliphatic carbocycles. The number of benzene rings is 1. The van der Waals surface area contributed by atoms with E-state index in [1.54, 1.807) is 0 Å². The number of aliphatic carboxylic acids is 1. The molecule has 0 amide bonds. The van der Waals surface area contributed by atoms with Crippen LogP contribution in [0.15, 0.2) is 24.3 Å². The van der Waals surface area contributed by atoms with Crippen LogP contribution in [0, 0.1) is 0 Å². The minimum Gasteiger partial charge on any atom is -0.491 e. The van der Waals surface area contributed by atoms with Crippen molar-refractivity contribution in [1.82, 2.24) is 0 Å². The van der Waals surface area contributed by atoms with Gasteiger partial charge in [-0.3, -0.25) is 4.79 Å². The van der Waals surface area contributed by atoms with Crippen LogP contribution in [0.25, 0.3) is 0 Å². The van der Waals surface area contributed by atoms with Crippen molar-refractivity contribution in [3.05, 3.63) is 29.8 Å². The zero-order chi connectivity index (χ0) is 11.3. The van der Waals surface area contributed by atoms with Crippen LogP contribution >= 0.6 is 11.6 Å². The fourth-order valence-electron chi connectivity index (χ4n) is 1.06. The summed E-state index contributed by atoms with van der Waals surface area (Å²) in [5.74, 6) is -0.430. The van der Waals surface area contributed by atoms with Gasteiger partial charge in [0, 0.05) is 0 Å². The third-order valence-corrected chi connectivity index (χ3v) is 2.31. The Labute approximate surface area is 93.6 Å². The first-order chi connectivity index (χ1) is 7.13. The Morgan fingerprint density at radius 3 is 2.53 bits per heavy atom. The highest BCUT2D eigenvalue weighted by molar-refractivity contribution is 6.29. The minimum absolute atomic E-state index is 0.0254. The second-order valence-corrected chi connectivity index (χ2v) is 3.64. The molecule has 0 aliphatic heterocycles. The summed E-state index contributed by atoms with van der Waals surface area (Å²) in [4.78, 5) is 10.4. The molecule has 0 saturated carbocycles. The summed E-state index contributed by atoms with van der Waals surface area (Å²) in [5.41, 5.74) is 1.21. The highest BCUT2D eigenvalue weighted by Gasteiger charge is 2.13. The Morgan fingerprint density at radius 1 is 1.47 bits per heavy atom. The minimum atomic E-state index is -1.07. The molecule has 1 unspecified atom stereocenters. The Balaban J connectivity index is 2.47. The quantitative estimate of drug-likeness (QED) is 0.787. The molecule has 0 spiro atoms. The average molecular weight is 229 g/mol. The maximum Gasteiger partial charge on any atom is 0.325 e. The van der Waals surface area contributed by atoms with Crippen LogP contribution in [0.2, 0.25) is 0 Å². The van der Waals surface area contributed by atoms with E-state index in [1.165, 1.54) is 5.56 Å². The van der Waals surface area contributed by atoms with Crippen LogP contribution < -0.4 is 4.74 Å². The number of hydrogen-bond donors (Lipinski definition) is 1. The summed E-state index contributed by atoms with van der Waals surface area (Å²) < 4.78 is 5.22. The van der Waals surface area contributed by atoms with Crippen molar-refractivity contribution in [1.29, 1.82) is 0 Å². The number of alkyl halides is 1. The largest absolute Gasteiger partial charge is 0.491 e. The lowest BCUT2D eigenvalue weighted by Crippen LogP contribution is -2.21. The fourth-order valence-corrected chi connectivity index (χ4v) is 1.13. The molecule has 0 saturated heterocycles. The fraction of sp³-hybridized carbons (Fsp3) is 0.364. The second kappa shape index (κ2) is 5.61. The third kappa shape index (κ3) is 3.80. The monoisotopic (exact) mass is 228 g/mol. The van der Waals surface area contributed by atoms with Gasteiger partial charge in [0.15, 0.2) is 5.38 Å². The van der Waals surface area contributed by atoms with Crippen molar-refractivity contribution in [3.63, 3.8) is 0 Å². The Hall–Kier alpha value is -1.22. The zero-order valence-corrected chi connectivity index (χ0v) is 9.20. The number of carboxylic acids is 1. The van der Waals surface area contributed by atoms with Crippen LogP contribution in [-0.4, -0.2) is 23.1 Å². The standard InChI is InChI=1S/C11H13ClO3/c1-2-8-3-5-9(6-4-8)15-7-10(12)11(13)14/h3-6,10H,2,7H2,1H3,(H,13,14). The third-order valence-electron chi connectivity index (χ3n) is 2.00. The molecule has 4 heteroatoms. The molecule has 0 bridgehead atoms. The van der Waals surface area contributed by atoms with Gasteiger partial charge in [-0.05, 0) is 24.1 Å². The summed E-state index contributed by atoms with van der Waals surface area (Å²) in [7, 11) is 0. The normalized spacial score (nSPS) is 12.1. The van der Waals surface area contributed by atoms with E-state index in [0.29, 0.717) is 5.75 Å². The number of halogens is 1. The molecule has 0 aromatic heterocycles. The molecule has 0 aliphatic rings. The predicted octanol–water partition coefficient (Wildman–Crippen LogP) is 2.32. The molecule has 82 valence electrons. The van der Waals surface area contributed by atoms with Crippen LogP contribution in [0.4, 0.5) is 0 Å². The molecule has 0 radical (unpaired) electrons. The van der Waals surface area contributed by atoms with Gasteiger partial charge in [-0.2, -0.15) is 0 Å². The lowest BCUT2D eigenvalue weighted by molar-refractivity contribution is -0.137. The van der Waals surface area contributed by atoms with Gasteiger partial charge in [0.05, 0.1) is 0 Å². The molecule has 15 heavy (non-hydrogen) atoms. The van der Waals surface area contributed by atoms with Crippen LogP contribution in [0.3, 0.4) is 0 Å². The Morgan fingerprint density at radius 2 is 2.07 bits per heavy atom. The first-order valence-corrected chi connectivity index (χ1v) is 5.15. The van der Waals surface area contributed by atoms with Gasteiger partial charge in [-0.1, -0.05) is 19.1 Å². The van der Waals surface area contributed by atoms with E-state index in [-0.39, 0.29) is 6.61 Å². The van der Waals surface area contributed by atoms with Gasteiger partial charge < -0.3 is 9.84 Å². The zero-order valence-electron chi connectivity index (χ0n) is 8.44.